The predicted molar refractivity (Wildman–Crippen MR) is 82.8 cm³/mol. The molecule has 3 rings (SSSR count). The van der Waals surface area contributed by atoms with E-state index >= 15 is 0 Å². The Kier molecular flexibility index (Phi) is 3.62. The summed E-state index contributed by atoms with van der Waals surface area (Å²) in [6, 6.07) is 2.60. The molecule has 1 aliphatic carbocycles. The zero-order valence-electron chi connectivity index (χ0n) is 10.8. The summed E-state index contributed by atoms with van der Waals surface area (Å²) in [6.07, 6.45) is 2.56. The van der Waals surface area contributed by atoms with E-state index < -0.39 is 0 Å². The quantitative estimate of drug-likeness (QED) is 0.835. The normalized spacial score (nSPS) is 15.2. The molecule has 0 saturated heterocycles. The number of nitrogens with one attached hydrogen (secondary N) is 1. The van der Waals surface area contributed by atoms with E-state index in [4.69, 9.17) is 9.15 Å². The van der Waals surface area contributed by atoms with E-state index in [0.29, 0.717) is 6.04 Å². The monoisotopic (exact) mass is 387 g/mol. The van der Waals surface area contributed by atoms with E-state index in [1.165, 1.54) is 12.8 Å². The second kappa shape index (κ2) is 5.11. The summed E-state index contributed by atoms with van der Waals surface area (Å²) in [5.41, 5.74) is 2.03. The Morgan fingerprint density at radius 1 is 1.42 bits per heavy atom. The third kappa shape index (κ3) is 2.43. The van der Waals surface area contributed by atoms with Crippen molar-refractivity contribution in [2.24, 2.45) is 0 Å². The molecule has 0 unspecified atom stereocenters. The van der Waals surface area contributed by atoms with Crippen molar-refractivity contribution in [2.75, 3.05) is 7.11 Å². The van der Waals surface area contributed by atoms with Crippen molar-refractivity contribution in [3.63, 3.8) is 0 Å². The molecule has 1 N–H and O–H groups in total. The van der Waals surface area contributed by atoms with Crippen molar-refractivity contribution >= 4 is 42.8 Å². The largest absolute Gasteiger partial charge is 0.496 e. The number of methoxy groups -OCH3 is 1. The molecule has 1 saturated carbocycles. The van der Waals surface area contributed by atoms with Crippen molar-refractivity contribution in [1.29, 1.82) is 0 Å². The molecule has 0 spiro atoms. The van der Waals surface area contributed by atoms with Crippen molar-refractivity contribution < 1.29 is 9.15 Å². The van der Waals surface area contributed by atoms with Crippen molar-refractivity contribution in [3.05, 3.63) is 26.3 Å². The van der Waals surface area contributed by atoms with Gasteiger partial charge in [-0.2, -0.15) is 0 Å². The Bertz CT molecular complexity index is 632. The maximum Gasteiger partial charge on any atom is 0.150 e. The lowest BCUT2D eigenvalue weighted by Gasteiger charge is -2.05. The summed E-state index contributed by atoms with van der Waals surface area (Å²) in [7, 11) is 1.67. The highest BCUT2D eigenvalue weighted by atomic mass is 79.9. The van der Waals surface area contributed by atoms with Crippen LogP contribution in [0.3, 0.4) is 0 Å². The summed E-state index contributed by atoms with van der Waals surface area (Å²) in [5, 5.41) is 4.57. The van der Waals surface area contributed by atoms with Crippen molar-refractivity contribution in [1.82, 2.24) is 5.32 Å². The predicted octanol–water partition coefficient (Wildman–Crippen LogP) is 4.53. The van der Waals surface area contributed by atoms with E-state index in [0.717, 1.165) is 43.5 Å². The Balaban J connectivity index is 2.08. The standard InChI is InChI=1S/C14H15Br2NO2/c1-7-11(6-17-8-3-4-8)19-14-9(15)5-10(18-2)13(16)12(7)14/h5,8,17H,3-4,6H2,1-2H3. The van der Waals surface area contributed by atoms with Gasteiger partial charge in [0.25, 0.3) is 0 Å². The molecule has 0 radical (unpaired) electrons. The molecule has 0 atom stereocenters. The fraction of sp³-hybridized carbons (Fsp3) is 0.429. The maximum atomic E-state index is 5.99. The third-order valence-corrected chi connectivity index (χ3v) is 4.88. The third-order valence-electron chi connectivity index (χ3n) is 3.50. The lowest BCUT2D eigenvalue weighted by atomic mass is 10.1. The molecule has 0 aliphatic heterocycles. The summed E-state index contributed by atoms with van der Waals surface area (Å²) < 4.78 is 13.2. The first-order chi connectivity index (χ1) is 9.11. The number of benzene rings is 1. The van der Waals surface area contributed by atoms with Crippen LogP contribution < -0.4 is 10.1 Å². The number of halogens is 2. The number of hydrogen-bond acceptors (Lipinski definition) is 3. The molecular formula is C14H15Br2NO2. The zero-order chi connectivity index (χ0) is 13.6. The number of hydrogen-bond donors (Lipinski definition) is 1. The summed E-state index contributed by atoms with van der Waals surface area (Å²) >= 11 is 7.15. The van der Waals surface area contributed by atoms with Crippen LogP contribution >= 0.6 is 31.9 Å². The molecule has 1 aliphatic rings. The molecule has 5 heteroatoms. The van der Waals surface area contributed by atoms with Gasteiger partial charge in [0, 0.05) is 17.0 Å². The Hall–Kier alpha value is -0.520. The van der Waals surface area contributed by atoms with E-state index in [1.807, 2.05) is 6.07 Å². The molecule has 0 amide bonds. The average Bonchev–Trinajstić information content (AvgIpc) is 3.16. The van der Waals surface area contributed by atoms with Gasteiger partial charge in [-0.25, -0.2) is 0 Å². The molecule has 3 nitrogen and oxygen atoms in total. The van der Waals surface area contributed by atoms with E-state index in [2.05, 4.69) is 44.1 Å². The molecule has 102 valence electrons. The van der Waals surface area contributed by atoms with Gasteiger partial charge >= 0.3 is 0 Å². The first kappa shape index (κ1) is 13.5. The average molecular weight is 389 g/mol. The van der Waals surface area contributed by atoms with E-state index in [9.17, 15) is 0 Å². The van der Waals surface area contributed by atoms with Crippen LogP contribution in [0.2, 0.25) is 0 Å². The van der Waals surface area contributed by atoms with Gasteiger partial charge in [0.05, 0.1) is 22.6 Å². The fourth-order valence-electron chi connectivity index (χ4n) is 2.20. The van der Waals surface area contributed by atoms with E-state index in [1.54, 1.807) is 7.11 Å². The minimum atomic E-state index is 0.675. The number of furan rings is 1. The summed E-state index contributed by atoms with van der Waals surface area (Å²) in [5.74, 6) is 1.81. The van der Waals surface area contributed by atoms with Crippen molar-refractivity contribution in [2.45, 2.75) is 32.4 Å². The molecule has 1 heterocycles. The van der Waals surface area contributed by atoms with E-state index in [-0.39, 0.29) is 0 Å². The van der Waals surface area contributed by atoms with Crippen LogP contribution in [0.5, 0.6) is 5.75 Å². The highest BCUT2D eigenvalue weighted by Crippen LogP contribution is 2.42. The highest BCUT2D eigenvalue weighted by Gasteiger charge is 2.23. The Morgan fingerprint density at radius 2 is 2.16 bits per heavy atom. The number of rotatable bonds is 4. The van der Waals surface area contributed by atoms with Crippen LogP contribution in [0.25, 0.3) is 11.0 Å². The Labute approximate surface area is 128 Å². The minimum absolute atomic E-state index is 0.675. The van der Waals surface area contributed by atoms with Gasteiger partial charge in [-0.15, -0.1) is 0 Å². The van der Waals surface area contributed by atoms with Crippen LogP contribution in [0.4, 0.5) is 0 Å². The van der Waals surface area contributed by atoms with Gasteiger partial charge < -0.3 is 14.5 Å². The van der Waals surface area contributed by atoms with Gasteiger partial charge in [-0.05, 0) is 57.7 Å². The van der Waals surface area contributed by atoms with Gasteiger partial charge in [0.1, 0.15) is 17.1 Å². The second-order valence-corrected chi connectivity index (χ2v) is 6.53. The molecule has 0 bridgehead atoms. The Morgan fingerprint density at radius 3 is 2.79 bits per heavy atom. The lowest BCUT2D eigenvalue weighted by Crippen LogP contribution is -2.15. The topological polar surface area (TPSA) is 34.4 Å². The number of ether oxygens (including phenoxy) is 1. The highest BCUT2D eigenvalue weighted by molar-refractivity contribution is 9.11. The summed E-state index contributed by atoms with van der Waals surface area (Å²) in [6.45, 7) is 2.87. The van der Waals surface area contributed by atoms with Crippen LogP contribution in [0, 0.1) is 6.92 Å². The van der Waals surface area contributed by atoms with Crippen LogP contribution in [-0.2, 0) is 6.54 Å². The molecule has 1 aromatic carbocycles. The first-order valence-electron chi connectivity index (χ1n) is 6.29. The molecule has 19 heavy (non-hydrogen) atoms. The molecule has 1 fully saturated rings. The van der Waals surface area contributed by atoms with Gasteiger partial charge in [0.2, 0.25) is 0 Å². The first-order valence-corrected chi connectivity index (χ1v) is 7.87. The maximum absolute atomic E-state index is 5.99. The van der Waals surface area contributed by atoms with Crippen molar-refractivity contribution in [3.8, 4) is 5.75 Å². The number of fused-ring (bicyclic) bond motifs is 1. The zero-order valence-corrected chi connectivity index (χ0v) is 14.0. The fourth-order valence-corrected chi connectivity index (χ4v) is 3.44. The van der Waals surface area contributed by atoms with Gasteiger partial charge in [0.15, 0.2) is 0 Å². The smallest absolute Gasteiger partial charge is 0.150 e. The summed E-state index contributed by atoms with van der Waals surface area (Å²) in [4.78, 5) is 0. The molecular weight excluding hydrogens is 374 g/mol. The van der Waals surface area contributed by atoms with Crippen LogP contribution in [0.15, 0.2) is 19.4 Å². The number of aryl methyl sites for hydroxylation is 1. The van der Waals surface area contributed by atoms with Crippen LogP contribution in [0.1, 0.15) is 24.2 Å². The molecule has 1 aromatic heterocycles. The van der Waals surface area contributed by atoms with Gasteiger partial charge in [-0.3, -0.25) is 0 Å². The SMILES string of the molecule is COc1cc(Br)c2oc(CNC3CC3)c(C)c2c1Br. The second-order valence-electron chi connectivity index (χ2n) is 4.88. The van der Waals surface area contributed by atoms with Gasteiger partial charge in [-0.1, -0.05) is 0 Å². The minimum Gasteiger partial charge on any atom is -0.496 e. The lowest BCUT2D eigenvalue weighted by molar-refractivity contribution is 0.412. The van der Waals surface area contributed by atoms with Crippen LogP contribution in [-0.4, -0.2) is 13.2 Å². The molecule has 2 aromatic rings.